The number of aliphatic hydroxyl groups excluding tert-OH is 2. The van der Waals surface area contributed by atoms with Gasteiger partial charge in [0.2, 0.25) is 5.91 Å². The second-order valence-electron chi connectivity index (χ2n) is 17.9. The van der Waals surface area contributed by atoms with Crippen LogP contribution in [0.15, 0.2) is 24.3 Å². The number of aliphatic hydroxyl groups is 2. The Labute approximate surface area is 367 Å². The second-order valence-corrected chi connectivity index (χ2v) is 17.9. The number of ether oxygens (including phenoxy) is 1. The predicted octanol–water partition coefficient (Wildman–Crippen LogP) is 15.5. The minimum absolute atomic E-state index is 0.0342. The lowest BCUT2D eigenvalue weighted by Crippen LogP contribution is -2.45. The van der Waals surface area contributed by atoms with Crippen LogP contribution in [0.25, 0.3) is 0 Å². The number of carbonyl (C=O) groups is 2. The van der Waals surface area contributed by atoms with Crippen LogP contribution in [0.3, 0.4) is 0 Å². The largest absolute Gasteiger partial charge is 0.466 e. The van der Waals surface area contributed by atoms with Crippen molar-refractivity contribution in [3.8, 4) is 0 Å². The Morgan fingerprint density at radius 1 is 0.458 bits per heavy atom. The predicted molar refractivity (Wildman–Crippen MR) is 255 cm³/mol. The molecule has 0 aliphatic heterocycles. The highest BCUT2D eigenvalue weighted by molar-refractivity contribution is 5.76. The Bertz CT molecular complexity index is 920. The van der Waals surface area contributed by atoms with Crippen molar-refractivity contribution < 1.29 is 24.5 Å². The Balaban J connectivity index is 3.55. The van der Waals surface area contributed by atoms with Crippen molar-refractivity contribution in [2.75, 3.05) is 13.2 Å². The van der Waals surface area contributed by atoms with E-state index in [2.05, 4.69) is 31.3 Å². The summed E-state index contributed by atoms with van der Waals surface area (Å²) in [4.78, 5) is 24.5. The number of hydrogen-bond donors (Lipinski definition) is 3. The van der Waals surface area contributed by atoms with Gasteiger partial charge in [0.05, 0.1) is 25.4 Å². The molecule has 0 rings (SSSR count). The molecule has 0 spiro atoms. The molecular formula is C53H101NO5. The van der Waals surface area contributed by atoms with E-state index >= 15 is 0 Å². The van der Waals surface area contributed by atoms with E-state index in [0.717, 1.165) is 70.6 Å². The first-order valence-corrected chi connectivity index (χ1v) is 26.1. The summed E-state index contributed by atoms with van der Waals surface area (Å²) in [5, 5.41) is 23.0. The average Bonchev–Trinajstić information content (AvgIpc) is 3.24. The molecule has 3 N–H and O–H groups in total. The first-order valence-electron chi connectivity index (χ1n) is 26.1. The molecule has 1 amide bonds. The molecule has 0 aromatic heterocycles. The summed E-state index contributed by atoms with van der Waals surface area (Å²) >= 11 is 0. The molecule has 6 nitrogen and oxygen atoms in total. The van der Waals surface area contributed by atoms with E-state index in [1.54, 1.807) is 6.08 Å². The maximum absolute atomic E-state index is 12.4. The minimum atomic E-state index is -0.874. The number of esters is 1. The topological polar surface area (TPSA) is 95.9 Å². The Kier molecular flexibility index (Phi) is 47.6. The van der Waals surface area contributed by atoms with Gasteiger partial charge in [0.15, 0.2) is 0 Å². The van der Waals surface area contributed by atoms with Gasteiger partial charge in [-0.15, -0.1) is 0 Å². The van der Waals surface area contributed by atoms with Gasteiger partial charge in [-0.25, -0.2) is 0 Å². The van der Waals surface area contributed by atoms with Gasteiger partial charge in [-0.05, 0) is 51.4 Å². The van der Waals surface area contributed by atoms with E-state index < -0.39 is 12.1 Å². The van der Waals surface area contributed by atoms with E-state index in [1.807, 2.05) is 6.08 Å². The summed E-state index contributed by atoms with van der Waals surface area (Å²) in [6, 6.07) is -0.664. The van der Waals surface area contributed by atoms with Gasteiger partial charge < -0.3 is 20.3 Å². The number of nitrogens with one attached hydrogen (secondary N) is 1. The first-order chi connectivity index (χ1) is 29.0. The summed E-state index contributed by atoms with van der Waals surface area (Å²) in [6.45, 7) is 4.82. The molecule has 0 fully saturated rings. The van der Waals surface area contributed by atoms with Crippen LogP contribution in [0.5, 0.6) is 0 Å². The van der Waals surface area contributed by atoms with E-state index in [0.29, 0.717) is 19.4 Å². The van der Waals surface area contributed by atoms with Gasteiger partial charge in [0.1, 0.15) is 0 Å². The fourth-order valence-corrected chi connectivity index (χ4v) is 7.93. The van der Waals surface area contributed by atoms with Crippen LogP contribution in [-0.4, -0.2) is 47.4 Å². The molecule has 0 heterocycles. The second kappa shape index (κ2) is 49.0. The highest BCUT2D eigenvalue weighted by atomic mass is 16.5. The van der Waals surface area contributed by atoms with Gasteiger partial charge >= 0.3 is 5.97 Å². The molecule has 0 aliphatic rings. The van der Waals surface area contributed by atoms with Crippen LogP contribution in [-0.2, 0) is 14.3 Å². The SMILES string of the molecule is CCCCCCCCCCCCCCCC/C=C/C(O)C(CO)NC(=O)CCC/C=C\CCCCCCOC(=O)CCCCCCCCCCCCCCCCCCC. The lowest BCUT2D eigenvalue weighted by Gasteiger charge is -2.19. The van der Waals surface area contributed by atoms with Crippen LogP contribution < -0.4 is 5.32 Å². The normalized spacial score (nSPS) is 12.8. The number of carbonyl (C=O) groups excluding carboxylic acids is 2. The molecule has 0 aromatic rings. The molecule has 6 heteroatoms. The van der Waals surface area contributed by atoms with Crippen LogP contribution in [0.1, 0.15) is 277 Å². The third kappa shape index (κ3) is 45.7. The molecule has 0 radical (unpaired) electrons. The van der Waals surface area contributed by atoms with E-state index in [-0.39, 0.29) is 18.5 Å². The molecule has 0 aliphatic carbocycles. The van der Waals surface area contributed by atoms with Gasteiger partial charge in [-0.3, -0.25) is 9.59 Å². The van der Waals surface area contributed by atoms with Crippen LogP contribution in [0.4, 0.5) is 0 Å². The lowest BCUT2D eigenvalue weighted by molar-refractivity contribution is -0.143. The number of unbranched alkanes of at least 4 members (excludes halogenated alkanes) is 35. The minimum Gasteiger partial charge on any atom is -0.466 e. The van der Waals surface area contributed by atoms with Crippen molar-refractivity contribution in [3.05, 3.63) is 24.3 Å². The molecule has 2 atom stereocenters. The molecule has 0 saturated carbocycles. The fourth-order valence-electron chi connectivity index (χ4n) is 7.93. The van der Waals surface area contributed by atoms with Crippen LogP contribution in [0, 0.1) is 0 Å². The molecular weight excluding hydrogens is 731 g/mol. The third-order valence-electron chi connectivity index (χ3n) is 12.0. The highest BCUT2D eigenvalue weighted by Gasteiger charge is 2.17. The molecule has 0 bridgehead atoms. The Morgan fingerprint density at radius 2 is 0.814 bits per heavy atom. The third-order valence-corrected chi connectivity index (χ3v) is 12.0. The van der Waals surface area contributed by atoms with Crippen molar-refractivity contribution in [3.63, 3.8) is 0 Å². The summed E-state index contributed by atoms with van der Waals surface area (Å²) in [5.74, 6) is -0.161. The lowest BCUT2D eigenvalue weighted by atomic mass is 10.0. The average molecular weight is 832 g/mol. The van der Waals surface area contributed by atoms with Crippen LogP contribution in [0.2, 0.25) is 0 Å². The number of rotatable bonds is 48. The molecule has 348 valence electrons. The molecule has 0 saturated heterocycles. The Morgan fingerprint density at radius 3 is 1.24 bits per heavy atom. The number of hydrogen-bond acceptors (Lipinski definition) is 5. The quantitative estimate of drug-likeness (QED) is 0.0322. The van der Waals surface area contributed by atoms with Crippen molar-refractivity contribution in [1.29, 1.82) is 0 Å². The summed E-state index contributed by atoms with van der Waals surface area (Å²) in [6.07, 6.45) is 57.6. The van der Waals surface area contributed by atoms with Gasteiger partial charge in [-0.2, -0.15) is 0 Å². The number of amides is 1. The van der Waals surface area contributed by atoms with Crippen molar-refractivity contribution in [2.24, 2.45) is 0 Å². The summed E-state index contributed by atoms with van der Waals surface area (Å²) in [7, 11) is 0. The van der Waals surface area contributed by atoms with Crippen molar-refractivity contribution >= 4 is 11.9 Å². The maximum Gasteiger partial charge on any atom is 0.305 e. The summed E-state index contributed by atoms with van der Waals surface area (Å²) in [5.41, 5.74) is 0. The van der Waals surface area contributed by atoms with E-state index in [4.69, 9.17) is 4.74 Å². The van der Waals surface area contributed by atoms with Gasteiger partial charge in [0.25, 0.3) is 0 Å². The zero-order chi connectivity index (χ0) is 43.0. The summed E-state index contributed by atoms with van der Waals surface area (Å²) < 4.78 is 5.45. The number of allylic oxidation sites excluding steroid dienone is 3. The van der Waals surface area contributed by atoms with Gasteiger partial charge in [-0.1, -0.05) is 237 Å². The van der Waals surface area contributed by atoms with Gasteiger partial charge in [0, 0.05) is 12.8 Å². The Hall–Kier alpha value is -1.66. The fraction of sp³-hybridized carbons (Fsp3) is 0.887. The van der Waals surface area contributed by atoms with Crippen LogP contribution >= 0.6 is 0 Å². The molecule has 59 heavy (non-hydrogen) atoms. The smallest absolute Gasteiger partial charge is 0.305 e. The first kappa shape index (κ1) is 57.3. The monoisotopic (exact) mass is 832 g/mol. The molecule has 2 unspecified atom stereocenters. The zero-order valence-corrected chi connectivity index (χ0v) is 39.5. The maximum atomic E-state index is 12.4. The van der Waals surface area contributed by atoms with E-state index in [1.165, 1.54) is 180 Å². The highest BCUT2D eigenvalue weighted by Crippen LogP contribution is 2.16. The van der Waals surface area contributed by atoms with Crippen molar-refractivity contribution in [1.82, 2.24) is 5.32 Å². The zero-order valence-electron chi connectivity index (χ0n) is 39.5. The standard InChI is InChI=1S/C53H101NO5/c1-3-5-7-9-11-13-15-17-19-21-23-25-27-31-35-39-43-47-53(58)59-48-44-40-36-32-28-30-34-38-42-46-52(57)54-50(49-55)51(56)45-41-37-33-29-26-24-22-20-18-16-14-12-10-8-6-4-2/h30,34,41,45,50-51,55-56H,3-29,31-33,35-40,42-44,46-49H2,1-2H3,(H,54,57)/b34-30-,45-41+. The van der Waals surface area contributed by atoms with Crippen molar-refractivity contribution in [2.45, 2.75) is 289 Å². The molecule has 0 aromatic carbocycles. The van der Waals surface area contributed by atoms with E-state index in [9.17, 15) is 19.8 Å².